The van der Waals surface area contributed by atoms with E-state index < -0.39 is 11.2 Å². The van der Waals surface area contributed by atoms with Gasteiger partial charge in [-0.15, -0.1) is 0 Å². The maximum absolute atomic E-state index is 13.3. The van der Waals surface area contributed by atoms with Crippen LogP contribution in [-0.4, -0.2) is 26.6 Å². The summed E-state index contributed by atoms with van der Waals surface area (Å²) in [5.41, 5.74) is 7.26. The van der Waals surface area contributed by atoms with Gasteiger partial charge in [0.2, 0.25) is 11.8 Å². The lowest BCUT2D eigenvalue weighted by molar-refractivity contribution is -0.115. The molecule has 1 atom stereocenters. The van der Waals surface area contributed by atoms with Gasteiger partial charge in [0, 0.05) is 16.3 Å². The highest BCUT2D eigenvalue weighted by Gasteiger charge is 2.20. The molecule has 1 heterocycles. The van der Waals surface area contributed by atoms with Crippen molar-refractivity contribution >= 4 is 51.8 Å². The summed E-state index contributed by atoms with van der Waals surface area (Å²) in [5.74, 6) is -0.816. The standard InChI is InChI=1S/C25H21ClN4O3S/c1-15(23(32)28-18-12-10-16(11-13-18)22(27)31)34-25-29-21-9-5-3-7-19(21)24(33)30(25)14-17-6-2-4-8-20(17)26/h2-13,15H,14H2,1H3,(H2,27,31)(H,28,32). The van der Waals surface area contributed by atoms with Crippen LogP contribution in [-0.2, 0) is 11.3 Å². The number of benzene rings is 3. The van der Waals surface area contributed by atoms with E-state index in [1.807, 2.05) is 24.3 Å². The van der Waals surface area contributed by atoms with Crippen molar-refractivity contribution in [3.8, 4) is 0 Å². The van der Waals surface area contributed by atoms with Gasteiger partial charge >= 0.3 is 0 Å². The van der Waals surface area contributed by atoms with Crippen molar-refractivity contribution in [3.63, 3.8) is 0 Å². The number of fused-ring (bicyclic) bond motifs is 1. The monoisotopic (exact) mass is 492 g/mol. The minimum Gasteiger partial charge on any atom is -0.366 e. The van der Waals surface area contributed by atoms with E-state index in [1.165, 1.54) is 11.8 Å². The molecule has 0 aliphatic heterocycles. The first-order valence-corrected chi connectivity index (χ1v) is 11.7. The molecule has 4 aromatic rings. The summed E-state index contributed by atoms with van der Waals surface area (Å²) in [5, 5.41) is 3.69. The Hall–Kier alpha value is -3.62. The summed E-state index contributed by atoms with van der Waals surface area (Å²) in [6.45, 7) is 1.96. The maximum Gasteiger partial charge on any atom is 0.262 e. The Morgan fingerprint density at radius 3 is 2.44 bits per heavy atom. The molecule has 0 saturated carbocycles. The molecule has 3 N–H and O–H groups in total. The van der Waals surface area contributed by atoms with Crippen LogP contribution in [0.1, 0.15) is 22.8 Å². The number of thioether (sulfide) groups is 1. The van der Waals surface area contributed by atoms with Gasteiger partial charge in [0.1, 0.15) is 0 Å². The van der Waals surface area contributed by atoms with Gasteiger partial charge in [0.15, 0.2) is 5.16 Å². The van der Waals surface area contributed by atoms with Gasteiger partial charge in [-0.3, -0.25) is 19.0 Å². The van der Waals surface area contributed by atoms with E-state index in [9.17, 15) is 14.4 Å². The Balaban J connectivity index is 1.63. The number of halogens is 1. The number of anilines is 1. The number of hydrogen-bond acceptors (Lipinski definition) is 5. The molecule has 1 aromatic heterocycles. The van der Waals surface area contributed by atoms with Crippen LogP contribution in [0.2, 0.25) is 5.02 Å². The average Bonchev–Trinajstić information content (AvgIpc) is 2.83. The Bertz CT molecular complexity index is 1440. The highest BCUT2D eigenvalue weighted by Crippen LogP contribution is 2.25. The van der Waals surface area contributed by atoms with E-state index >= 15 is 0 Å². The number of hydrogen-bond donors (Lipinski definition) is 2. The molecule has 34 heavy (non-hydrogen) atoms. The Kier molecular flexibility index (Phi) is 7.00. The average molecular weight is 493 g/mol. The van der Waals surface area contributed by atoms with Gasteiger partial charge in [-0.25, -0.2) is 4.98 Å². The van der Waals surface area contributed by atoms with E-state index in [0.29, 0.717) is 32.3 Å². The summed E-state index contributed by atoms with van der Waals surface area (Å²) < 4.78 is 1.54. The fraction of sp³-hybridized carbons (Fsp3) is 0.120. The van der Waals surface area contributed by atoms with Crippen molar-refractivity contribution in [1.82, 2.24) is 9.55 Å². The predicted octanol–water partition coefficient (Wildman–Crippen LogP) is 4.32. The summed E-state index contributed by atoms with van der Waals surface area (Å²) in [7, 11) is 0. The summed E-state index contributed by atoms with van der Waals surface area (Å²) in [4.78, 5) is 42.1. The Morgan fingerprint density at radius 1 is 1.06 bits per heavy atom. The largest absolute Gasteiger partial charge is 0.366 e. The third kappa shape index (κ3) is 5.13. The third-order valence-electron chi connectivity index (χ3n) is 5.20. The zero-order chi connectivity index (χ0) is 24.2. The molecule has 0 radical (unpaired) electrons. The van der Waals surface area contributed by atoms with E-state index in [1.54, 1.807) is 60.0 Å². The quantitative estimate of drug-likeness (QED) is 0.295. The SMILES string of the molecule is CC(Sc1nc2ccccc2c(=O)n1Cc1ccccc1Cl)C(=O)Nc1ccc(C(N)=O)cc1. The molecule has 172 valence electrons. The normalized spacial score (nSPS) is 11.8. The first-order valence-electron chi connectivity index (χ1n) is 10.4. The minimum atomic E-state index is -0.568. The first-order chi connectivity index (χ1) is 16.3. The van der Waals surface area contributed by atoms with E-state index in [-0.39, 0.29) is 18.0 Å². The highest BCUT2D eigenvalue weighted by atomic mass is 35.5. The molecule has 0 spiro atoms. The van der Waals surface area contributed by atoms with Crippen molar-refractivity contribution in [2.45, 2.75) is 23.9 Å². The number of carbonyl (C=O) groups is 2. The molecule has 0 aliphatic carbocycles. The summed E-state index contributed by atoms with van der Waals surface area (Å²) in [6, 6.07) is 20.7. The fourth-order valence-electron chi connectivity index (χ4n) is 3.35. The summed E-state index contributed by atoms with van der Waals surface area (Å²) in [6.07, 6.45) is 0. The van der Waals surface area contributed by atoms with Crippen LogP contribution < -0.4 is 16.6 Å². The second-order valence-corrected chi connectivity index (χ2v) is 9.30. The number of rotatable bonds is 7. The molecule has 7 nitrogen and oxygen atoms in total. The molecule has 0 fully saturated rings. The van der Waals surface area contributed by atoms with Gasteiger partial charge in [-0.2, -0.15) is 0 Å². The fourth-order valence-corrected chi connectivity index (χ4v) is 4.45. The molecular weight excluding hydrogens is 472 g/mol. The van der Waals surface area contributed by atoms with Crippen molar-refractivity contribution in [3.05, 3.63) is 99.3 Å². The number of para-hydroxylation sites is 1. The molecule has 9 heteroatoms. The highest BCUT2D eigenvalue weighted by molar-refractivity contribution is 8.00. The van der Waals surface area contributed by atoms with Crippen LogP contribution in [0.4, 0.5) is 5.69 Å². The van der Waals surface area contributed by atoms with Crippen LogP contribution >= 0.6 is 23.4 Å². The van der Waals surface area contributed by atoms with Crippen LogP contribution in [0, 0.1) is 0 Å². The second-order valence-electron chi connectivity index (χ2n) is 7.59. The van der Waals surface area contributed by atoms with Crippen LogP contribution in [0.5, 0.6) is 0 Å². The lowest BCUT2D eigenvalue weighted by atomic mass is 10.2. The third-order valence-corrected chi connectivity index (χ3v) is 6.66. The van der Waals surface area contributed by atoms with E-state index in [0.717, 1.165) is 5.56 Å². The van der Waals surface area contributed by atoms with Crippen LogP contribution in [0.15, 0.2) is 82.7 Å². The Labute approximate surface area is 205 Å². The van der Waals surface area contributed by atoms with Crippen LogP contribution in [0.3, 0.4) is 0 Å². The number of carbonyl (C=O) groups excluding carboxylic acids is 2. The van der Waals surface area contributed by atoms with Gasteiger partial charge in [0.25, 0.3) is 5.56 Å². The Morgan fingerprint density at radius 2 is 1.74 bits per heavy atom. The molecule has 0 bridgehead atoms. The zero-order valence-corrected chi connectivity index (χ0v) is 19.8. The lowest BCUT2D eigenvalue weighted by Crippen LogP contribution is -2.27. The topological polar surface area (TPSA) is 107 Å². The second kappa shape index (κ2) is 10.1. The molecular formula is C25H21ClN4O3S. The van der Waals surface area contributed by atoms with Gasteiger partial charge in [-0.1, -0.05) is 53.7 Å². The predicted molar refractivity (Wildman–Crippen MR) is 135 cm³/mol. The zero-order valence-electron chi connectivity index (χ0n) is 18.2. The van der Waals surface area contributed by atoms with Crippen molar-refractivity contribution in [1.29, 1.82) is 0 Å². The minimum absolute atomic E-state index is 0.206. The number of nitrogens with one attached hydrogen (secondary N) is 1. The first kappa shape index (κ1) is 23.5. The number of nitrogens with two attached hydrogens (primary N) is 1. The van der Waals surface area contributed by atoms with Crippen molar-refractivity contribution < 1.29 is 9.59 Å². The molecule has 0 aliphatic rings. The maximum atomic E-state index is 13.3. The molecule has 1 unspecified atom stereocenters. The smallest absolute Gasteiger partial charge is 0.262 e. The van der Waals surface area contributed by atoms with Gasteiger partial charge < -0.3 is 11.1 Å². The van der Waals surface area contributed by atoms with Crippen LogP contribution in [0.25, 0.3) is 10.9 Å². The number of amides is 2. The number of nitrogens with zero attached hydrogens (tertiary/aromatic N) is 2. The molecule has 3 aromatic carbocycles. The number of primary amides is 1. The van der Waals surface area contributed by atoms with Crippen molar-refractivity contribution in [2.75, 3.05) is 5.32 Å². The lowest BCUT2D eigenvalue weighted by Gasteiger charge is -2.17. The van der Waals surface area contributed by atoms with Gasteiger partial charge in [0.05, 0.1) is 22.7 Å². The number of aromatic nitrogens is 2. The summed E-state index contributed by atoms with van der Waals surface area (Å²) >= 11 is 7.52. The molecule has 4 rings (SSSR count). The van der Waals surface area contributed by atoms with Crippen molar-refractivity contribution in [2.24, 2.45) is 5.73 Å². The molecule has 0 saturated heterocycles. The van der Waals surface area contributed by atoms with Gasteiger partial charge in [-0.05, 0) is 55.0 Å². The molecule has 2 amide bonds. The van der Waals surface area contributed by atoms with E-state index in [2.05, 4.69) is 10.3 Å². The van der Waals surface area contributed by atoms with E-state index in [4.69, 9.17) is 17.3 Å².